The molecule has 234 valence electrons. The number of ether oxygens (including phenoxy) is 4. The minimum Gasteiger partial charge on any atom is -0.508 e. The van der Waals surface area contributed by atoms with Gasteiger partial charge in [0.15, 0.2) is 0 Å². The first kappa shape index (κ1) is 33.4. The van der Waals surface area contributed by atoms with Crippen molar-refractivity contribution in [2.24, 2.45) is 4.99 Å². The summed E-state index contributed by atoms with van der Waals surface area (Å²) in [5.41, 5.74) is 2.22. The van der Waals surface area contributed by atoms with E-state index in [2.05, 4.69) is 11.9 Å². The molecule has 1 saturated heterocycles. The van der Waals surface area contributed by atoms with Gasteiger partial charge in [0.2, 0.25) is 0 Å². The maximum atomic E-state index is 12.6. The van der Waals surface area contributed by atoms with Crippen LogP contribution in [0, 0.1) is 0 Å². The fourth-order valence-corrected chi connectivity index (χ4v) is 4.97. The van der Waals surface area contributed by atoms with Gasteiger partial charge < -0.3 is 24.1 Å². The second kappa shape index (κ2) is 15.4. The highest BCUT2D eigenvalue weighted by Gasteiger charge is 2.44. The van der Waals surface area contributed by atoms with Gasteiger partial charge >= 0.3 is 18.0 Å². The highest BCUT2D eigenvalue weighted by atomic mass is 16.6. The molecule has 4 rings (SSSR count). The summed E-state index contributed by atoms with van der Waals surface area (Å²) in [4.78, 5) is 41.9. The van der Waals surface area contributed by atoms with Crippen molar-refractivity contribution >= 4 is 23.7 Å². The Morgan fingerprint density at radius 2 is 1.58 bits per heavy atom. The van der Waals surface area contributed by atoms with Crippen LogP contribution >= 0.6 is 0 Å². The number of carbonyl (C=O) groups excluding carboxylic acids is 3. The molecule has 0 radical (unpaired) electrons. The fraction of sp³-hybridized carbons (Fsp3) is 0.515. The number of hydrogen-bond acceptors (Lipinski definition) is 9. The zero-order valence-corrected chi connectivity index (χ0v) is 26.0. The molecule has 2 aromatic carbocycles. The van der Waals surface area contributed by atoms with Crippen LogP contribution in [0.25, 0.3) is 0 Å². The van der Waals surface area contributed by atoms with E-state index in [1.165, 1.54) is 19.1 Å². The van der Waals surface area contributed by atoms with E-state index < -0.39 is 23.7 Å². The van der Waals surface area contributed by atoms with Crippen molar-refractivity contribution in [3.8, 4) is 11.5 Å². The number of benzene rings is 2. The quantitative estimate of drug-likeness (QED) is 0.224. The molecule has 2 aromatic rings. The Morgan fingerprint density at radius 3 is 2.16 bits per heavy atom. The third kappa shape index (κ3) is 9.46. The summed E-state index contributed by atoms with van der Waals surface area (Å²) in [6.07, 6.45) is 4.34. The molecule has 2 aliphatic rings. The minimum atomic E-state index is -0.659. The average Bonchev–Trinajstić information content (AvgIpc) is 3.65. The van der Waals surface area contributed by atoms with Gasteiger partial charge in [-0.2, -0.15) is 0 Å². The number of amides is 1. The predicted molar refractivity (Wildman–Crippen MR) is 162 cm³/mol. The number of aromatic hydroxyl groups is 1. The van der Waals surface area contributed by atoms with Crippen LogP contribution in [0.2, 0.25) is 0 Å². The molecule has 0 spiro atoms. The number of phenols is 1. The van der Waals surface area contributed by atoms with E-state index in [4.69, 9.17) is 18.9 Å². The lowest BCUT2D eigenvalue weighted by Gasteiger charge is -2.31. The first-order valence-electron chi connectivity index (χ1n) is 14.7. The number of rotatable bonds is 8. The summed E-state index contributed by atoms with van der Waals surface area (Å²) in [6.45, 7) is 8.24. The van der Waals surface area contributed by atoms with Crippen LogP contribution < -0.4 is 4.74 Å². The van der Waals surface area contributed by atoms with Gasteiger partial charge in [-0.3, -0.25) is 9.89 Å². The van der Waals surface area contributed by atoms with E-state index in [0.29, 0.717) is 12.8 Å². The maximum Gasteiger partial charge on any atom is 0.411 e. The van der Waals surface area contributed by atoms with Crippen molar-refractivity contribution in [3.05, 3.63) is 59.7 Å². The number of methoxy groups -OCH3 is 2. The predicted octanol–water partition coefficient (Wildman–Crippen LogP) is 6.00. The van der Waals surface area contributed by atoms with Crippen molar-refractivity contribution in [1.82, 2.24) is 4.90 Å². The van der Waals surface area contributed by atoms with Crippen LogP contribution in [0.5, 0.6) is 11.5 Å². The third-order valence-corrected chi connectivity index (χ3v) is 7.13. The second-order valence-corrected chi connectivity index (χ2v) is 11.5. The first-order valence-corrected chi connectivity index (χ1v) is 14.7. The first-order chi connectivity index (χ1) is 20.5. The van der Waals surface area contributed by atoms with Crippen LogP contribution in [0.1, 0.15) is 83.4 Å². The Kier molecular flexibility index (Phi) is 12.0. The molecule has 0 bridgehead atoms. The summed E-state index contributed by atoms with van der Waals surface area (Å²) < 4.78 is 20.6. The highest BCUT2D eigenvalue weighted by molar-refractivity contribution is 6.03. The van der Waals surface area contributed by atoms with Gasteiger partial charge in [-0.15, -0.1) is 0 Å². The lowest BCUT2D eigenvalue weighted by molar-refractivity contribution is -0.146. The lowest BCUT2D eigenvalue weighted by atomic mass is 10.0. The molecule has 0 aromatic heterocycles. The zero-order valence-electron chi connectivity index (χ0n) is 26.0. The Morgan fingerprint density at radius 1 is 0.930 bits per heavy atom. The molecular formula is C33H44N2O8. The van der Waals surface area contributed by atoms with Gasteiger partial charge in [-0.1, -0.05) is 25.5 Å². The number of unbranched alkanes of at least 4 members (excludes halogenated alkanes) is 1. The summed E-state index contributed by atoms with van der Waals surface area (Å²) >= 11 is 0. The molecule has 2 aliphatic heterocycles. The number of carbonyl (C=O) groups is 3. The normalized spacial score (nSPS) is 19.5. The fourth-order valence-electron chi connectivity index (χ4n) is 4.97. The van der Waals surface area contributed by atoms with Gasteiger partial charge in [0, 0.05) is 5.71 Å². The number of likely N-dealkylation sites (tertiary alicyclic amines) is 1. The van der Waals surface area contributed by atoms with E-state index >= 15 is 0 Å². The molecule has 1 amide bonds. The van der Waals surface area contributed by atoms with Gasteiger partial charge in [-0.25, -0.2) is 14.4 Å². The van der Waals surface area contributed by atoms with E-state index in [-0.39, 0.29) is 23.8 Å². The average molecular weight is 597 g/mol. The van der Waals surface area contributed by atoms with Gasteiger partial charge in [0.05, 0.1) is 26.9 Å². The number of nitrogens with zero attached hydrogens (tertiary/aromatic N) is 2. The minimum absolute atomic E-state index is 0.153. The zero-order chi connectivity index (χ0) is 31.6. The topological polar surface area (TPSA) is 124 Å². The lowest BCUT2D eigenvalue weighted by Crippen LogP contribution is -2.44. The maximum absolute atomic E-state index is 12.6. The molecule has 3 atom stereocenters. The van der Waals surface area contributed by atoms with Crippen molar-refractivity contribution < 1.29 is 38.4 Å². The Hall–Kier alpha value is -4.08. The van der Waals surface area contributed by atoms with Crippen LogP contribution in [0.4, 0.5) is 4.79 Å². The summed E-state index contributed by atoms with van der Waals surface area (Å²) in [5.74, 6) is 0.335. The molecular weight excluding hydrogens is 552 g/mol. The van der Waals surface area contributed by atoms with Crippen molar-refractivity contribution in [3.63, 3.8) is 0 Å². The molecule has 10 heteroatoms. The molecule has 43 heavy (non-hydrogen) atoms. The molecule has 1 N–H and O–H groups in total. The number of phenolic OH excluding ortho intramolecular Hbond substituents is 1. The Bertz CT molecular complexity index is 1250. The van der Waals surface area contributed by atoms with Crippen LogP contribution in [-0.4, -0.2) is 72.3 Å². The number of aliphatic imine (C=N–C) groups is 1. The van der Waals surface area contributed by atoms with Crippen molar-refractivity contribution in [2.45, 2.75) is 89.9 Å². The Balaban J connectivity index is 0.000000238. The van der Waals surface area contributed by atoms with E-state index in [0.717, 1.165) is 54.9 Å². The van der Waals surface area contributed by atoms with E-state index in [9.17, 15) is 19.5 Å². The van der Waals surface area contributed by atoms with Crippen molar-refractivity contribution in [1.29, 1.82) is 0 Å². The van der Waals surface area contributed by atoms with Gasteiger partial charge in [0.1, 0.15) is 29.2 Å². The summed E-state index contributed by atoms with van der Waals surface area (Å²) in [5, 5.41) is 9.43. The highest BCUT2D eigenvalue weighted by Crippen LogP contribution is 2.38. The molecule has 0 unspecified atom stereocenters. The summed E-state index contributed by atoms with van der Waals surface area (Å²) in [6, 6.07) is 13.3. The SMILES string of the molecule is CCCCOc1ccc(C2=N[C@H](C(=O)OC)CC2)cc1.COC(=O)[C@@H]1CC[C@H](c2ccc(O)cc2)N1C(=O)OC(C)(C)C. The molecule has 0 aliphatic carbocycles. The number of esters is 2. The van der Waals surface area contributed by atoms with Crippen molar-refractivity contribution in [2.75, 3.05) is 20.8 Å². The van der Waals surface area contributed by atoms with Crippen LogP contribution in [0.3, 0.4) is 0 Å². The molecule has 0 saturated carbocycles. The molecule has 1 fully saturated rings. The van der Waals surface area contributed by atoms with Gasteiger partial charge in [-0.05, 0) is 100 Å². The largest absolute Gasteiger partial charge is 0.508 e. The smallest absolute Gasteiger partial charge is 0.411 e. The molecule has 2 heterocycles. The van der Waals surface area contributed by atoms with Crippen LogP contribution in [0.15, 0.2) is 53.5 Å². The third-order valence-electron chi connectivity index (χ3n) is 7.13. The standard InChI is InChI=1S/C17H23NO5.C16H21NO3/c1-17(2,3)23-16(21)18-13(9-10-14(18)15(20)22-4)11-5-7-12(19)8-6-11;1-3-4-11-20-13-7-5-12(6-8-13)14-9-10-15(17-14)16(18)19-2/h5-8,13-14,19H,9-10H2,1-4H3;5-8,15H,3-4,9-11H2,1-2H3/t13-,14+;15-/m10/s1. The molecule has 10 nitrogen and oxygen atoms in total. The monoisotopic (exact) mass is 596 g/mol. The van der Waals surface area contributed by atoms with E-state index in [1.807, 2.05) is 24.3 Å². The Labute approximate surface area is 254 Å². The second-order valence-electron chi connectivity index (χ2n) is 11.5. The van der Waals surface area contributed by atoms with E-state index in [1.54, 1.807) is 45.0 Å². The summed E-state index contributed by atoms with van der Waals surface area (Å²) in [7, 11) is 2.71. The van der Waals surface area contributed by atoms with Gasteiger partial charge in [0.25, 0.3) is 0 Å². The number of hydrogen-bond donors (Lipinski definition) is 1. The van der Waals surface area contributed by atoms with Crippen LogP contribution in [-0.2, 0) is 23.8 Å².